The smallest absolute Gasteiger partial charge is 0.368 e. The summed E-state index contributed by atoms with van der Waals surface area (Å²) in [6.07, 6.45) is 0. The van der Waals surface area contributed by atoms with Crippen molar-refractivity contribution in [2.45, 2.75) is 12.0 Å². The molecule has 0 rings (SSSR count). The Labute approximate surface area is 111 Å². The zero-order valence-electron chi connectivity index (χ0n) is 6.45. The Balaban J connectivity index is 0. The van der Waals surface area contributed by atoms with Gasteiger partial charge in [0.15, 0.2) is 0 Å². The van der Waals surface area contributed by atoms with Crippen LogP contribution in [0.1, 0.15) is 6.92 Å². The van der Waals surface area contributed by atoms with Gasteiger partial charge in [0, 0.05) is 51.4 Å². The summed E-state index contributed by atoms with van der Waals surface area (Å²) in [5.41, 5.74) is 0. The van der Waals surface area contributed by atoms with Crippen LogP contribution < -0.4 is 0 Å². The third-order valence-corrected chi connectivity index (χ3v) is 4.87. The molecule has 0 bridgehead atoms. The average molecular weight is 245 g/mol. The van der Waals surface area contributed by atoms with E-state index in [2.05, 4.69) is 0 Å². The maximum Gasteiger partial charge on any atom is 0.369 e. The quantitative estimate of drug-likeness (QED) is 0.299. The van der Waals surface area contributed by atoms with Crippen molar-refractivity contribution in [3.05, 3.63) is 0 Å². The van der Waals surface area contributed by atoms with E-state index in [9.17, 15) is 9.13 Å². The van der Waals surface area contributed by atoms with Crippen molar-refractivity contribution in [1.82, 2.24) is 0 Å². The molecule has 0 fully saturated rings. The minimum Gasteiger partial charge on any atom is -0.368 e. The summed E-state index contributed by atoms with van der Waals surface area (Å²) in [5, 5.41) is 5.37. The second kappa shape index (κ2) is 4.61. The zero-order valence-corrected chi connectivity index (χ0v) is 11.4. The van der Waals surface area contributed by atoms with Gasteiger partial charge in [-0.3, -0.25) is 9.13 Å². The maximum absolute atomic E-state index is 10.3. The number of aliphatic hydroxyl groups is 1. The Morgan fingerprint density at radius 3 is 1.17 bits per heavy atom. The van der Waals surface area contributed by atoms with Gasteiger partial charge in [-0.15, -0.1) is 0 Å². The molecular weight excluding hydrogens is 237 g/mol. The molecule has 0 atom stereocenters. The van der Waals surface area contributed by atoms with Crippen molar-refractivity contribution in [1.29, 1.82) is 0 Å². The van der Waals surface area contributed by atoms with E-state index in [4.69, 9.17) is 24.7 Å². The molecule has 0 aliphatic carbocycles. The summed E-state index contributed by atoms with van der Waals surface area (Å²) in [7, 11) is -10.4. The van der Waals surface area contributed by atoms with Crippen LogP contribution in [-0.4, -0.2) is 81.1 Å². The van der Waals surface area contributed by atoms with E-state index in [-0.39, 0.29) is 51.4 Å². The van der Waals surface area contributed by atoms with Crippen LogP contribution in [0.25, 0.3) is 0 Å². The molecule has 69 valence electrons. The van der Waals surface area contributed by atoms with Crippen LogP contribution in [0.3, 0.4) is 0 Å². The molecule has 10 heteroatoms. The van der Waals surface area contributed by atoms with Gasteiger partial charge in [-0.25, -0.2) is 0 Å². The molecule has 0 aromatic rings. The maximum atomic E-state index is 10.3. The Morgan fingerprint density at radius 1 is 1.00 bits per heavy atom. The second-order valence-corrected chi connectivity index (χ2v) is 6.33. The van der Waals surface area contributed by atoms with Crippen LogP contribution in [-0.2, 0) is 9.13 Å². The van der Waals surface area contributed by atoms with Gasteiger partial charge in [0.1, 0.15) is 0 Å². The van der Waals surface area contributed by atoms with Gasteiger partial charge in [0.05, 0.1) is 0 Å². The van der Waals surface area contributed by atoms with Crippen LogP contribution in [0.5, 0.6) is 0 Å². The van der Waals surface area contributed by atoms with E-state index in [0.29, 0.717) is 6.92 Å². The van der Waals surface area contributed by atoms with Crippen LogP contribution in [0, 0.1) is 0 Å². The molecule has 0 saturated heterocycles. The molecule has 0 aliphatic rings. The molecule has 1 radical (unpaired) electrons. The molecule has 0 saturated carbocycles. The Hall–Kier alpha value is 1.90. The topological polar surface area (TPSA) is 135 Å². The predicted octanol–water partition coefficient (Wildman–Crippen LogP) is -1.37. The third-order valence-electron chi connectivity index (χ3n) is 1.10. The summed E-state index contributed by atoms with van der Waals surface area (Å²) in [6, 6.07) is 0. The van der Waals surface area contributed by atoms with E-state index in [0.717, 1.165) is 0 Å². The standard InChI is InChI=1S/C2H8O7P2.K/c1-2(3,10(4,5)6)11(7,8)9;/h3H,1H3,(H2,4,5,6)(H2,7,8,9);. The molecular formula is C2H8KO7P2. The first-order chi connectivity index (χ1) is 4.50. The van der Waals surface area contributed by atoms with E-state index in [1.807, 2.05) is 0 Å². The Kier molecular flexibility index (Phi) is 6.27. The van der Waals surface area contributed by atoms with Gasteiger partial charge < -0.3 is 24.7 Å². The zero-order chi connectivity index (χ0) is 9.50. The monoisotopic (exact) mass is 245 g/mol. The molecule has 7 nitrogen and oxygen atoms in total. The summed E-state index contributed by atoms with van der Waals surface area (Å²) >= 11 is 0. The van der Waals surface area contributed by atoms with Crippen LogP contribution in [0.2, 0.25) is 0 Å². The first kappa shape index (κ1) is 16.3. The fourth-order valence-corrected chi connectivity index (χ4v) is 1.53. The van der Waals surface area contributed by atoms with Crippen LogP contribution in [0.15, 0.2) is 0 Å². The number of rotatable bonds is 2. The second-order valence-electron chi connectivity index (χ2n) is 2.06. The summed E-state index contributed by atoms with van der Waals surface area (Å²) in [4.78, 5) is 33.0. The van der Waals surface area contributed by atoms with Gasteiger partial charge in [0.25, 0.3) is 5.08 Å². The molecule has 0 aromatic carbocycles. The Bertz CT molecular complexity index is 212. The minimum absolute atomic E-state index is 0. The molecule has 0 heterocycles. The van der Waals surface area contributed by atoms with E-state index in [1.165, 1.54) is 0 Å². The van der Waals surface area contributed by atoms with Gasteiger partial charge in [-0.1, -0.05) is 0 Å². The SMILES string of the molecule is CC(O)(P(=O)(O)O)P(=O)(O)O.[K]. The van der Waals surface area contributed by atoms with E-state index >= 15 is 0 Å². The third kappa shape index (κ3) is 3.57. The molecule has 0 amide bonds. The Morgan fingerprint density at radius 2 is 1.17 bits per heavy atom. The molecule has 5 N–H and O–H groups in total. The van der Waals surface area contributed by atoms with E-state index < -0.39 is 20.3 Å². The molecule has 12 heavy (non-hydrogen) atoms. The first-order valence-corrected chi connectivity index (χ1v) is 5.56. The first-order valence-electron chi connectivity index (χ1n) is 2.34. The molecule has 0 unspecified atom stereocenters. The average Bonchev–Trinajstić information content (AvgIpc) is 1.58. The summed E-state index contributed by atoms with van der Waals surface area (Å²) in [6.45, 7) is 0.383. The minimum atomic E-state index is -5.20. The molecule has 0 aliphatic heterocycles. The van der Waals surface area contributed by atoms with Gasteiger partial charge >= 0.3 is 15.2 Å². The molecule has 0 spiro atoms. The van der Waals surface area contributed by atoms with Crippen molar-refractivity contribution in [3.63, 3.8) is 0 Å². The fraction of sp³-hybridized carbons (Fsp3) is 1.00. The van der Waals surface area contributed by atoms with Gasteiger partial charge in [-0.2, -0.15) is 0 Å². The van der Waals surface area contributed by atoms with Crippen molar-refractivity contribution in [3.8, 4) is 0 Å². The van der Waals surface area contributed by atoms with Crippen LogP contribution >= 0.6 is 15.2 Å². The van der Waals surface area contributed by atoms with E-state index in [1.54, 1.807) is 0 Å². The van der Waals surface area contributed by atoms with Crippen molar-refractivity contribution < 1.29 is 33.8 Å². The van der Waals surface area contributed by atoms with Gasteiger partial charge in [-0.05, 0) is 6.92 Å². The predicted molar refractivity (Wildman–Crippen MR) is 40.5 cm³/mol. The summed E-state index contributed by atoms with van der Waals surface area (Å²) < 4.78 is 20.5. The van der Waals surface area contributed by atoms with Crippen molar-refractivity contribution in [2.75, 3.05) is 0 Å². The van der Waals surface area contributed by atoms with Gasteiger partial charge in [0.2, 0.25) is 0 Å². The number of hydrogen-bond acceptors (Lipinski definition) is 3. The van der Waals surface area contributed by atoms with Crippen molar-refractivity contribution in [2.24, 2.45) is 0 Å². The fourth-order valence-electron chi connectivity index (χ4n) is 0.170. The molecule has 0 aromatic heterocycles. The van der Waals surface area contributed by atoms with Crippen LogP contribution in [0.4, 0.5) is 0 Å². The van der Waals surface area contributed by atoms with Crippen molar-refractivity contribution >= 4 is 66.6 Å². The largest absolute Gasteiger partial charge is 0.369 e. The normalized spacial score (nSPS) is 13.8. The summed E-state index contributed by atoms with van der Waals surface area (Å²) in [5.74, 6) is 0. The number of hydrogen-bond donors (Lipinski definition) is 5.